The van der Waals surface area contributed by atoms with Crippen LogP contribution in [-0.4, -0.2) is 24.3 Å². The molecule has 1 heterocycles. The zero-order valence-electron chi connectivity index (χ0n) is 9.79. The molecule has 0 aromatic heterocycles. The second-order valence-electron chi connectivity index (χ2n) is 4.67. The van der Waals surface area contributed by atoms with E-state index in [0.29, 0.717) is 29.5 Å². The molecule has 1 aromatic rings. The minimum atomic E-state index is -0.838. The Morgan fingerprint density at radius 3 is 2.72 bits per heavy atom. The first-order valence-corrected chi connectivity index (χ1v) is 6.54. The molecular formula is C13H14Cl2O3. The molecular weight excluding hydrogens is 275 g/mol. The van der Waals surface area contributed by atoms with Crippen LogP contribution in [0.5, 0.6) is 0 Å². The molecule has 1 N–H and O–H groups in total. The topological polar surface area (TPSA) is 46.5 Å². The molecule has 0 amide bonds. The zero-order valence-corrected chi connectivity index (χ0v) is 11.3. The summed E-state index contributed by atoms with van der Waals surface area (Å²) in [5.74, 6) is -0.812. The first-order chi connectivity index (χ1) is 8.53. The number of hydrogen-bond donors (Lipinski definition) is 1. The Bertz CT molecular complexity index is 454. The van der Waals surface area contributed by atoms with E-state index in [1.165, 1.54) is 0 Å². The number of aliphatic carboxylic acids is 1. The van der Waals surface area contributed by atoms with Crippen molar-refractivity contribution in [2.45, 2.75) is 19.3 Å². The fourth-order valence-corrected chi connectivity index (χ4v) is 2.60. The SMILES string of the molecule is O=C(O)C1(Cc2ccc(Cl)c(Cl)c2)CCCOC1. The number of carbonyl (C=O) groups is 1. The van der Waals surface area contributed by atoms with E-state index in [1.54, 1.807) is 12.1 Å². The van der Waals surface area contributed by atoms with E-state index in [1.807, 2.05) is 6.07 Å². The minimum Gasteiger partial charge on any atom is -0.481 e. The fourth-order valence-electron chi connectivity index (χ4n) is 2.28. The summed E-state index contributed by atoms with van der Waals surface area (Å²) >= 11 is 11.8. The number of hydrogen-bond acceptors (Lipinski definition) is 2. The van der Waals surface area contributed by atoms with E-state index in [4.69, 9.17) is 27.9 Å². The Kier molecular flexibility index (Phi) is 4.15. The third-order valence-corrected chi connectivity index (χ3v) is 4.04. The normalized spacial score (nSPS) is 23.9. The highest BCUT2D eigenvalue weighted by atomic mass is 35.5. The molecule has 1 aromatic carbocycles. The molecule has 3 nitrogen and oxygen atoms in total. The molecule has 1 aliphatic heterocycles. The molecule has 1 atom stereocenters. The van der Waals surface area contributed by atoms with Crippen LogP contribution in [0.1, 0.15) is 18.4 Å². The molecule has 2 rings (SSSR count). The van der Waals surface area contributed by atoms with Gasteiger partial charge in [-0.25, -0.2) is 0 Å². The summed E-state index contributed by atoms with van der Waals surface area (Å²) in [6.07, 6.45) is 1.81. The number of rotatable bonds is 3. The van der Waals surface area contributed by atoms with Gasteiger partial charge in [0.1, 0.15) is 0 Å². The van der Waals surface area contributed by atoms with Gasteiger partial charge in [0.05, 0.1) is 22.1 Å². The highest BCUT2D eigenvalue weighted by Gasteiger charge is 2.40. The zero-order chi connectivity index (χ0) is 13.2. The van der Waals surface area contributed by atoms with Crippen LogP contribution in [0.4, 0.5) is 0 Å². The summed E-state index contributed by atoms with van der Waals surface area (Å²) in [7, 11) is 0. The Morgan fingerprint density at radius 1 is 1.39 bits per heavy atom. The molecule has 1 saturated heterocycles. The third-order valence-electron chi connectivity index (χ3n) is 3.30. The summed E-state index contributed by atoms with van der Waals surface area (Å²) in [5.41, 5.74) is 0.0346. The first kappa shape index (κ1) is 13.7. The predicted molar refractivity (Wildman–Crippen MR) is 70.3 cm³/mol. The lowest BCUT2D eigenvalue weighted by atomic mass is 9.77. The molecule has 0 spiro atoms. The lowest BCUT2D eigenvalue weighted by molar-refractivity contribution is -0.157. The van der Waals surface area contributed by atoms with Gasteiger partial charge in [-0.1, -0.05) is 29.3 Å². The predicted octanol–water partition coefficient (Wildman–Crippen LogP) is 3.42. The number of carboxylic acid groups (broad SMARTS) is 1. The van der Waals surface area contributed by atoms with Crippen molar-refractivity contribution in [3.05, 3.63) is 33.8 Å². The van der Waals surface area contributed by atoms with Gasteiger partial charge in [0.2, 0.25) is 0 Å². The Balaban J connectivity index is 2.23. The minimum absolute atomic E-state index is 0.253. The van der Waals surface area contributed by atoms with Gasteiger partial charge in [0.25, 0.3) is 0 Å². The Labute approximate surface area is 116 Å². The van der Waals surface area contributed by atoms with Crippen LogP contribution in [0.15, 0.2) is 18.2 Å². The van der Waals surface area contributed by atoms with Gasteiger partial charge in [0.15, 0.2) is 0 Å². The molecule has 5 heteroatoms. The fraction of sp³-hybridized carbons (Fsp3) is 0.462. The highest BCUT2D eigenvalue weighted by molar-refractivity contribution is 6.42. The van der Waals surface area contributed by atoms with E-state index in [9.17, 15) is 9.90 Å². The molecule has 1 unspecified atom stereocenters. The van der Waals surface area contributed by atoms with E-state index in [2.05, 4.69) is 0 Å². The van der Waals surface area contributed by atoms with Crippen LogP contribution in [0.3, 0.4) is 0 Å². The lowest BCUT2D eigenvalue weighted by Gasteiger charge is -2.33. The molecule has 0 saturated carbocycles. The molecule has 18 heavy (non-hydrogen) atoms. The molecule has 1 fully saturated rings. The maximum absolute atomic E-state index is 11.5. The average Bonchev–Trinajstić information content (AvgIpc) is 2.35. The average molecular weight is 289 g/mol. The summed E-state index contributed by atoms with van der Waals surface area (Å²) in [6.45, 7) is 0.888. The standard InChI is InChI=1S/C13H14Cl2O3/c14-10-3-2-9(6-11(10)15)7-13(12(16)17)4-1-5-18-8-13/h2-3,6H,1,4-5,7-8H2,(H,16,17). The van der Waals surface area contributed by atoms with Crippen molar-refractivity contribution < 1.29 is 14.6 Å². The molecule has 0 aliphatic carbocycles. The van der Waals surface area contributed by atoms with Crippen molar-refractivity contribution in [2.75, 3.05) is 13.2 Å². The summed E-state index contributed by atoms with van der Waals surface area (Å²) < 4.78 is 5.33. The Hall–Kier alpha value is -0.770. The van der Waals surface area contributed by atoms with Gasteiger partial charge in [-0.3, -0.25) is 4.79 Å². The van der Waals surface area contributed by atoms with Gasteiger partial charge in [-0.15, -0.1) is 0 Å². The molecule has 98 valence electrons. The van der Waals surface area contributed by atoms with Gasteiger partial charge in [0, 0.05) is 6.61 Å². The summed E-state index contributed by atoms with van der Waals surface area (Å²) in [5, 5.41) is 10.4. The monoisotopic (exact) mass is 288 g/mol. The quantitative estimate of drug-likeness (QED) is 0.927. The van der Waals surface area contributed by atoms with Crippen molar-refractivity contribution >= 4 is 29.2 Å². The Morgan fingerprint density at radius 2 is 2.17 bits per heavy atom. The number of benzene rings is 1. The van der Waals surface area contributed by atoms with Crippen LogP contribution in [0.25, 0.3) is 0 Å². The van der Waals surface area contributed by atoms with Crippen LogP contribution < -0.4 is 0 Å². The van der Waals surface area contributed by atoms with Gasteiger partial charge in [-0.2, -0.15) is 0 Å². The van der Waals surface area contributed by atoms with Crippen molar-refractivity contribution in [3.63, 3.8) is 0 Å². The van der Waals surface area contributed by atoms with Gasteiger partial charge >= 0.3 is 5.97 Å². The van der Waals surface area contributed by atoms with E-state index < -0.39 is 11.4 Å². The maximum atomic E-state index is 11.5. The second-order valence-corrected chi connectivity index (χ2v) is 5.48. The van der Waals surface area contributed by atoms with Crippen molar-refractivity contribution in [2.24, 2.45) is 5.41 Å². The van der Waals surface area contributed by atoms with Crippen LogP contribution in [0, 0.1) is 5.41 Å². The van der Waals surface area contributed by atoms with Gasteiger partial charge in [-0.05, 0) is 37.0 Å². The summed E-state index contributed by atoms with van der Waals surface area (Å²) in [4.78, 5) is 11.5. The number of halogens is 2. The second kappa shape index (κ2) is 5.47. The summed E-state index contributed by atoms with van der Waals surface area (Å²) in [6, 6.07) is 5.23. The highest BCUT2D eigenvalue weighted by Crippen LogP contribution is 2.34. The van der Waals surface area contributed by atoms with E-state index in [-0.39, 0.29) is 6.61 Å². The van der Waals surface area contributed by atoms with E-state index in [0.717, 1.165) is 12.0 Å². The van der Waals surface area contributed by atoms with Crippen LogP contribution in [-0.2, 0) is 16.0 Å². The van der Waals surface area contributed by atoms with Crippen molar-refractivity contribution in [3.8, 4) is 0 Å². The first-order valence-electron chi connectivity index (χ1n) is 5.79. The number of ether oxygens (including phenoxy) is 1. The largest absolute Gasteiger partial charge is 0.481 e. The van der Waals surface area contributed by atoms with Crippen LogP contribution >= 0.6 is 23.2 Å². The maximum Gasteiger partial charge on any atom is 0.312 e. The van der Waals surface area contributed by atoms with E-state index >= 15 is 0 Å². The third kappa shape index (κ3) is 2.79. The molecule has 0 radical (unpaired) electrons. The van der Waals surface area contributed by atoms with Gasteiger partial charge < -0.3 is 9.84 Å². The number of carboxylic acids is 1. The van der Waals surface area contributed by atoms with Crippen LogP contribution in [0.2, 0.25) is 10.0 Å². The van der Waals surface area contributed by atoms with Crippen molar-refractivity contribution in [1.29, 1.82) is 0 Å². The smallest absolute Gasteiger partial charge is 0.312 e. The molecule has 0 bridgehead atoms. The van der Waals surface area contributed by atoms with Crippen molar-refractivity contribution in [1.82, 2.24) is 0 Å². The molecule has 1 aliphatic rings. The lowest BCUT2D eigenvalue weighted by Crippen LogP contribution is -2.41.